The second-order valence-corrected chi connectivity index (χ2v) is 6.32. The largest absolute Gasteiger partial charge is 0.480 e. The van der Waals surface area contributed by atoms with Gasteiger partial charge < -0.3 is 10.0 Å². The van der Waals surface area contributed by atoms with Gasteiger partial charge in [0, 0.05) is 11.1 Å². The summed E-state index contributed by atoms with van der Waals surface area (Å²) < 4.78 is 0. The van der Waals surface area contributed by atoms with E-state index in [1.807, 2.05) is 4.90 Å². The van der Waals surface area contributed by atoms with Gasteiger partial charge in [0.15, 0.2) is 0 Å². The zero-order chi connectivity index (χ0) is 15.0. The van der Waals surface area contributed by atoms with Gasteiger partial charge >= 0.3 is 5.97 Å². The minimum Gasteiger partial charge on any atom is -0.480 e. The van der Waals surface area contributed by atoms with Crippen LogP contribution in [0.15, 0.2) is 18.2 Å². The summed E-state index contributed by atoms with van der Waals surface area (Å²) in [6.07, 6.45) is 5.02. The number of carboxylic acids is 1. The van der Waals surface area contributed by atoms with Gasteiger partial charge in [-0.15, -0.1) is 0 Å². The minimum absolute atomic E-state index is 0.213. The third-order valence-electron chi connectivity index (χ3n) is 4.73. The molecule has 3 atom stereocenters. The lowest BCUT2D eigenvalue weighted by Gasteiger charge is -2.35. The number of hydrogen-bond donors (Lipinski definition) is 1. The molecule has 1 aliphatic heterocycles. The lowest BCUT2D eigenvalue weighted by atomic mass is 9.84. The number of nitrogens with zero attached hydrogens (tertiary/aromatic N) is 2. The molecule has 0 radical (unpaired) electrons. The monoisotopic (exact) mass is 304 g/mol. The molecule has 1 aliphatic carbocycles. The van der Waals surface area contributed by atoms with E-state index >= 15 is 0 Å². The molecule has 1 saturated carbocycles. The number of carbonyl (C=O) groups is 1. The summed E-state index contributed by atoms with van der Waals surface area (Å²) in [7, 11) is 0. The fourth-order valence-corrected chi connectivity index (χ4v) is 4.01. The summed E-state index contributed by atoms with van der Waals surface area (Å²) in [5.41, 5.74) is 1.17. The number of hydrogen-bond acceptors (Lipinski definition) is 3. The average molecular weight is 305 g/mol. The first kappa shape index (κ1) is 14.2. The minimum atomic E-state index is -0.812. The van der Waals surface area contributed by atoms with Crippen LogP contribution in [0.1, 0.15) is 37.7 Å². The second-order valence-electron chi connectivity index (χ2n) is 5.88. The number of fused-ring (bicyclic) bond motifs is 1. The Morgan fingerprint density at radius 3 is 2.86 bits per heavy atom. The molecule has 21 heavy (non-hydrogen) atoms. The SMILES string of the molecule is N#Cc1ccc(Cl)cc1N1C(C(=O)O)CC2CCCCC21. The van der Waals surface area contributed by atoms with E-state index in [1.165, 1.54) is 6.42 Å². The van der Waals surface area contributed by atoms with Crippen LogP contribution in [-0.4, -0.2) is 23.2 Å². The molecule has 0 aromatic heterocycles. The first-order valence-corrected chi connectivity index (χ1v) is 7.70. The van der Waals surface area contributed by atoms with Crippen LogP contribution in [0.5, 0.6) is 0 Å². The van der Waals surface area contributed by atoms with Crippen molar-refractivity contribution in [3.8, 4) is 6.07 Å². The Morgan fingerprint density at radius 1 is 1.38 bits per heavy atom. The fourth-order valence-electron chi connectivity index (χ4n) is 3.84. The molecule has 1 N–H and O–H groups in total. The van der Waals surface area contributed by atoms with Crippen molar-refractivity contribution >= 4 is 23.3 Å². The van der Waals surface area contributed by atoms with Crippen molar-refractivity contribution in [3.63, 3.8) is 0 Å². The van der Waals surface area contributed by atoms with Crippen molar-refractivity contribution < 1.29 is 9.90 Å². The zero-order valence-electron chi connectivity index (χ0n) is 11.6. The van der Waals surface area contributed by atoms with Crippen molar-refractivity contribution in [3.05, 3.63) is 28.8 Å². The van der Waals surface area contributed by atoms with Crippen LogP contribution in [0.2, 0.25) is 5.02 Å². The van der Waals surface area contributed by atoms with Crippen molar-refractivity contribution in [2.45, 2.75) is 44.2 Å². The molecule has 1 aromatic carbocycles. The maximum Gasteiger partial charge on any atom is 0.326 e. The summed E-state index contributed by atoms with van der Waals surface area (Å²) >= 11 is 6.07. The number of aliphatic carboxylic acids is 1. The molecule has 3 rings (SSSR count). The highest BCUT2D eigenvalue weighted by Crippen LogP contribution is 2.43. The fraction of sp³-hybridized carbons (Fsp3) is 0.500. The van der Waals surface area contributed by atoms with Crippen molar-refractivity contribution in [2.75, 3.05) is 4.90 Å². The molecule has 1 aromatic rings. The van der Waals surface area contributed by atoms with E-state index in [2.05, 4.69) is 6.07 Å². The first-order chi connectivity index (χ1) is 10.1. The quantitative estimate of drug-likeness (QED) is 0.909. The van der Waals surface area contributed by atoms with Gasteiger partial charge in [-0.25, -0.2) is 4.79 Å². The molecule has 2 fully saturated rings. The number of nitriles is 1. The van der Waals surface area contributed by atoms with Crippen LogP contribution < -0.4 is 4.90 Å². The molecule has 1 heterocycles. The summed E-state index contributed by atoms with van der Waals surface area (Å²) in [5, 5.41) is 19.4. The maximum atomic E-state index is 11.7. The smallest absolute Gasteiger partial charge is 0.326 e. The average Bonchev–Trinajstić information content (AvgIpc) is 2.86. The van der Waals surface area contributed by atoms with E-state index in [1.54, 1.807) is 18.2 Å². The molecule has 0 amide bonds. The van der Waals surface area contributed by atoms with Gasteiger partial charge in [-0.2, -0.15) is 5.26 Å². The van der Waals surface area contributed by atoms with Crippen LogP contribution in [-0.2, 0) is 4.79 Å². The Labute approximate surface area is 128 Å². The summed E-state index contributed by atoms with van der Waals surface area (Å²) in [6, 6.07) is 6.90. The van der Waals surface area contributed by atoms with E-state index < -0.39 is 12.0 Å². The van der Waals surface area contributed by atoms with Crippen LogP contribution >= 0.6 is 11.6 Å². The van der Waals surface area contributed by atoms with E-state index in [-0.39, 0.29) is 6.04 Å². The van der Waals surface area contributed by atoms with Gasteiger partial charge in [-0.1, -0.05) is 24.4 Å². The van der Waals surface area contributed by atoms with Gasteiger partial charge in [0.2, 0.25) is 0 Å². The summed E-state index contributed by atoms with van der Waals surface area (Å²) in [4.78, 5) is 13.6. The van der Waals surface area contributed by atoms with Crippen LogP contribution in [0.25, 0.3) is 0 Å². The third-order valence-corrected chi connectivity index (χ3v) is 4.97. The molecule has 3 unspecified atom stereocenters. The van der Waals surface area contributed by atoms with E-state index in [9.17, 15) is 15.2 Å². The standard InChI is InChI=1S/C16H17ClN2O2/c17-12-6-5-11(9-18)14(8-12)19-13-4-2-1-3-10(13)7-15(19)16(20)21/h5-6,8,10,13,15H,1-4,7H2,(H,20,21). The topological polar surface area (TPSA) is 64.3 Å². The van der Waals surface area contributed by atoms with Crippen molar-refractivity contribution in [2.24, 2.45) is 5.92 Å². The Kier molecular flexibility index (Phi) is 3.77. The predicted octanol–water partition coefficient (Wildman–Crippen LogP) is 3.43. The third kappa shape index (κ3) is 2.47. The van der Waals surface area contributed by atoms with Gasteiger partial charge in [-0.3, -0.25) is 0 Å². The highest BCUT2D eigenvalue weighted by atomic mass is 35.5. The molecule has 110 valence electrons. The Bertz CT molecular complexity index is 611. The summed E-state index contributed by atoms with van der Waals surface area (Å²) in [6.45, 7) is 0. The molecule has 2 aliphatic rings. The molecular formula is C16H17ClN2O2. The lowest BCUT2D eigenvalue weighted by molar-refractivity contribution is -0.138. The lowest BCUT2D eigenvalue weighted by Crippen LogP contribution is -2.42. The van der Waals surface area contributed by atoms with Gasteiger partial charge in [-0.05, 0) is 43.4 Å². The van der Waals surface area contributed by atoms with Crippen LogP contribution in [0, 0.1) is 17.2 Å². The van der Waals surface area contributed by atoms with Crippen molar-refractivity contribution in [1.82, 2.24) is 0 Å². The van der Waals surface area contributed by atoms with Crippen molar-refractivity contribution in [1.29, 1.82) is 5.26 Å². The Balaban J connectivity index is 2.06. The second kappa shape index (κ2) is 5.57. The normalized spacial score (nSPS) is 28.0. The zero-order valence-corrected chi connectivity index (χ0v) is 12.4. The molecule has 1 saturated heterocycles. The maximum absolute atomic E-state index is 11.7. The van der Waals surface area contributed by atoms with Crippen LogP contribution in [0.3, 0.4) is 0 Å². The van der Waals surface area contributed by atoms with E-state index in [4.69, 9.17) is 11.6 Å². The number of anilines is 1. The molecular weight excluding hydrogens is 288 g/mol. The summed E-state index contributed by atoms with van der Waals surface area (Å²) in [5.74, 6) is -0.404. The van der Waals surface area contributed by atoms with Gasteiger partial charge in [0.1, 0.15) is 12.1 Å². The molecule has 0 spiro atoms. The molecule has 0 bridgehead atoms. The highest BCUT2D eigenvalue weighted by Gasteiger charge is 2.45. The number of rotatable bonds is 2. The van der Waals surface area contributed by atoms with Gasteiger partial charge in [0.25, 0.3) is 0 Å². The number of carboxylic acid groups (broad SMARTS) is 1. The number of benzene rings is 1. The predicted molar refractivity (Wildman–Crippen MR) is 80.4 cm³/mol. The molecule has 5 heteroatoms. The van der Waals surface area contributed by atoms with E-state index in [0.29, 0.717) is 28.6 Å². The van der Waals surface area contributed by atoms with Gasteiger partial charge in [0.05, 0.1) is 11.3 Å². The van der Waals surface area contributed by atoms with E-state index in [0.717, 1.165) is 19.3 Å². The highest BCUT2D eigenvalue weighted by molar-refractivity contribution is 6.30. The molecule has 4 nitrogen and oxygen atoms in total. The van der Waals surface area contributed by atoms with Crippen LogP contribution in [0.4, 0.5) is 5.69 Å². The first-order valence-electron chi connectivity index (χ1n) is 7.32. The Hall–Kier alpha value is -1.73. The Morgan fingerprint density at radius 2 is 2.14 bits per heavy atom. The number of halogens is 1.